The van der Waals surface area contributed by atoms with Crippen molar-refractivity contribution in [1.29, 1.82) is 0 Å². The number of rotatable bonds is 14. The number of nitrogens with zero attached hydrogens (tertiary/aromatic N) is 1. The summed E-state index contributed by atoms with van der Waals surface area (Å²) < 4.78 is 23.8. The van der Waals surface area contributed by atoms with E-state index in [2.05, 4.69) is 6.92 Å². The first-order valence-corrected chi connectivity index (χ1v) is 10.2. The highest BCUT2D eigenvalue weighted by Crippen LogP contribution is 2.12. The second-order valence-electron chi connectivity index (χ2n) is 5.97. The Labute approximate surface area is 127 Å². The van der Waals surface area contributed by atoms with Crippen LogP contribution < -0.4 is 0 Å². The number of hydrogen-bond acceptors (Lipinski definition) is 2. The van der Waals surface area contributed by atoms with Crippen molar-refractivity contribution in [2.45, 2.75) is 84.0 Å². The Bertz CT molecular complexity index is 302. The van der Waals surface area contributed by atoms with Crippen LogP contribution >= 0.6 is 0 Å². The van der Waals surface area contributed by atoms with Crippen LogP contribution in [-0.2, 0) is 10.0 Å². The fourth-order valence-electron chi connectivity index (χ4n) is 2.34. The molecule has 122 valence electrons. The zero-order valence-electron chi connectivity index (χ0n) is 13.9. The van der Waals surface area contributed by atoms with Crippen LogP contribution in [0.3, 0.4) is 0 Å². The van der Waals surface area contributed by atoms with E-state index >= 15 is 0 Å². The molecule has 0 heterocycles. The topological polar surface area (TPSA) is 37.4 Å². The molecule has 0 amide bonds. The van der Waals surface area contributed by atoms with E-state index in [9.17, 15) is 8.42 Å². The van der Waals surface area contributed by atoms with Crippen molar-refractivity contribution in [3.05, 3.63) is 0 Å². The van der Waals surface area contributed by atoms with Gasteiger partial charge < -0.3 is 0 Å². The number of unbranched alkanes of at least 4 members (excludes halogenated alkanes) is 11. The summed E-state index contributed by atoms with van der Waals surface area (Å²) in [6.07, 6.45) is 17.0. The molecule has 0 spiro atoms. The van der Waals surface area contributed by atoms with Gasteiger partial charge in [-0.25, -0.2) is 12.7 Å². The lowest BCUT2D eigenvalue weighted by Crippen LogP contribution is -2.26. The van der Waals surface area contributed by atoms with Crippen LogP contribution in [0.5, 0.6) is 0 Å². The molecule has 3 nitrogen and oxygen atoms in total. The monoisotopic (exact) mass is 305 g/mol. The molecule has 0 aliphatic carbocycles. The third-order valence-electron chi connectivity index (χ3n) is 3.89. The van der Waals surface area contributed by atoms with Gasteiger partial charge in [-0.15, -0.1) is 0 Å². The molecule has 0 radical (unpaired) electrons. The number of sulfonamides is 1. The van der Waals surface area contributed by atoms with Gasteiger partial charge in [0.05, 0.1) is 6.26 Å². The van der Waals surface area contributed by atoms with Gasteiger partial charge in [-0.05, 0) is 6.42 Å². The van der Waals surface area contributed by atoms with E-state index in [0.29, 0.717) is 6.54 Å². The average Bonchev–Trinajstić information content (AvgIpc) is 2.38. The van der Waals surface area contributed by atoms with Crippen molar-refractivity contribution in [2.75, 3.05) is 19.8 Å². The molecule has 4 heteroatoms. The van der Waals surface area contributed by atoms with Crippen LogP contribution in [0.15, 0.2) is 0 Å². The van der Waals surface area contributed by atoms with Gasteiger partial charge >= 0.3 is 0 Å². The standard InChI is InChI=1S/C16H35NO2S/c1-4-5-6-7-8-9-10-11-12-13-14-15-16-17(2)20(3,18)19/h4-16H2,1-3H3. The Kier molecular flexibility index (Phi) is 12.6. The van der Waals surface area contributed by atoms with Gasteiger partial charge in [0.2, 0.25) is 10.0 Å². The van der Waals surface area contributed by atoms with E-state index in [-0.39, 0.29) is 0 Å². The second kappa shape index (κ2) is 12.6. The summed E-state index contributed by atoms with van der Waals surface area (Å²) in [5.41, 5.74) is 0. The predicted octanol–water partition coefficient (Wildman–Crippen LogP) is 4.58. The lowest BCUT2D eigenvalue weighted by molar-refractivity contribution is 0.451. The normalized spacial score (nSPS) is 12.2. The van der Waals surface area contributed by atoms with Gasteiger partial charge in [-0.3, -0.25) is 0 Å². The molecule has 20 heavy (non-hydrogen) atoms. The Morgan fingerprint density at radius 2 is 1.05 bits per heavy atom. The van der Waals surface area contributed by atoms with E-state index in [1.54, 1.807) is 7.05 Å². The summed E-state index contributed by atoms with van der Waals surface area (Å²) in [4.78, 5) is 0. The second-order valence-corrected chi connectivity index (χ2v) is 8.06. The molecule has 0 aliphatic heterocycles. The SMILES string of the molecule is CCCCCCCCCCCCCCN(C)S(C)(=O)=O. The minimum absolute atomic E-state index is 0.663. The highest BCUT2D eigenvalue weighted by molar-refractivity contribution is 7.88. The number of hydrogen-bond donors (Lipinski definition) is 0. The molecule has 0 unspecified atom stereocenters. The molecule has 0 fully saturated rings. The summed E-state index contributed by atoms with van der Waals surface area (Å²) in [7, 11) is -1.32. The molecular weight excluding hydrogens is 270 g/mol. The maximum absolute atomic E-state index is 11.2. The first kappa shape index (κ1) is 19.9. The Morgan fingerprint density at radius 1 is 0.700 bits per heavy atom. The van der Waals surface area contributed by atoms with Crippen LogP contribution in [0.2, 0.25) is 0 Å². The van der Waals surface area contributed by atoms with Crippen molar-refractivity contribution in [1.82, 2.24) is 4.31 Å². The van der Waals surface area contributed by atoms with Crippen molar-refractivity contribution < 1.29 is 8.42 Å². The maximum atomic E-state index is 11.2. The van der Waals surface area contributed by atoms with Crippen LogP contribution in [0.1, 0.15) is 84.0 Å². The van der Waals surface area contributed by atoms with Gasteiger partial charge in [-0.2, -0.15) is 0 Å². The largest absolute Gasteiger partial charge is 0.213 e. The van der Waals surface area contributed by atoms with Gasteiger partial charge in [0.1, 0.15) is 0 Å². The minimum atomic E-state index is -2.98. The zero-order chi connectivity index (χ0) is 15.3. The molecule has 0 bridgehead atoms. The highest BCUT2D eigenvalue weighted by atomic mass is 32.2. The summed E-state index contributed by atoms with van der Waals surface area (Å²) in [5, 5.41) is 0. The molecule has 0 rings (SSSR count). The highest BCUT2D eigenvalue weighted by Gasteiger charge is 2.09. The maximum Gasteiger partial charge on any atom is 0.210 e. The molecule has 0 atom stereocenters. The third kappa shape index (κ3) is 12.9. The Morgan fingerprint density at radius 3 is 1.40 bits per heavy atom. The molecular formula is C16H35NO2S. The lowest BCUT2D eigenvalue weighted by Gasteiger charge is -2.13. The summed E-state index contributed by atoms with van der Waals surface area (Å²) >= 11 is 0. The molecule has 0 aromatic carbocycles. The van der Waals surface area contributed by atoms with E-state index < -0.39 is 10.0 Å². The molecule has 0 aromatic heterocycles. The molecule has 0 aromatic rings. The van der Waals surface area contributed by atoms with E-state index in [1.807, 2.05) is 0 Å². The first-order chi connectivity index (χ1) is 9.48. The third-order valence-corrected chi connectivity index (χ3v) is 5.21. The average molecular weight is 306 g/mol. The van der Waals surface area contributed by atoms with E-state index in [1.165, 1.54) is 74.8 Å². The summed E-state index contributed by atoms with van der Waals surface area (Å²) in [6, 6.07) is 0. The molecule has 0 aliphatic rings. The first-order valence-electron chi connectivity index (χ1n) is 8.39. The van der Waals surface area contributed by atoms with Crippen LogP contribution in [0, 0.1) is 0 Å². The minimum Gasteiger partial charge on any atom is -0.213 e. The summed E-state index contributed by atoms with van der Waals surface area (Å²) in [6.45, 7) is 2.92. The van der Waals surface area contributed by atoms with Crippen molar-refractivity contribution in [2.24, 2.45) is 0 Å². The fraction of sp³-hybridized carbons (Fsp3) is 1.00. The van der Waals surface area contributed by atoms with Gasteiger partial charge in [0, 0.05) is 13.6 Å². The quantitative estimate of drug-likeness (QED) is 0.441. The van der Waals surface area contributed by atoms with Crippen molar-refractivity contribution in [3.8, 4) is 0 Å². The van der Waals surface area contributed by atoms with Crippen LogP contribution in [0.4, 0.5) is 0 Å². The molecule has 0 saturated heterocycles. The predicted molar refractivity (Wildman–Crippen MR) is 88.6 cm³/mol. The van der Waals surface area contributed by atoms with Gasteiger partial charge in [0.25, 0.3) is 0 Å². The van der Waals surface area contributed by atoms with Gasteiger partial charge in [0.15, 0.2) is 0 Å². The van der Waals surface area contributed by atoms with E-state index in [4.69, 9.17) is 0 Å². The zero-order valence-corrected chi connectivity index (χ0v) is 14.7. The van der Waals surface area contributed by atoms with Crippen molar-refractivity contribution in [3.63, 3.8) is 0 Å². The van der Waals surface area contributed by atoms with Crippen molar-refractivity contribution >= 4 is 10.0 Å². The van der Waals surface area contributed by atoms with Crippen LogP contribution in [-0.4, -0.2) is 32.6 Å². The lowest BCUT2D eigenvalue weighted by atomic mass is 10.1. The Hall–Kier alpha value is -0.0900. The van der Waals surface area contributed by atoms with E-state index in [0.717, 1.165) is 12.8 Å². The smallest absolute Gasteiger partial charge is 0.210 e. The van der Waals surface area contributed by atoms with Crippen LogP contribution in [0.25, 0.3) is 0 Å². The Balaban J connectivity index is 3.18. The molecule has 0 N–H and O–H groups in total. The summed E-state index contributed by atoms with van der Waals surface area (Å²) in [5.74, 6) is 0. The molecule has 0 saturated carbocycles. The van der Waals surface area contributed by atoms with Gasteiger partial charge in [-0.1, -0.05) is 77.6 Å². The fourth-order valence-corrected chi connectivity index (χ4v) is 2.80.